The van der Waals surface area contributed by atoms with Crippen LogP contribution in [0.2, 0.25) is 0 Å². The molecule has 164 valence electrons. The summed E-state index contributed by atoms with van der Waals surface area (Å²) in [5.41, 5.74) is 3.22. The number of nitrogens with zero attached hydrogens (tertiary/aromatic N) is 2. The smallest absolute Gasteiger partial charge is 0.294 e. The van der Waals surface area contributed by atoms with Crippen molar-refractivity contribution >= 4 is 17.9 Å². The van der Waals surface area contributed by atoms with Crippen molar-refractivity contribution in [2.24, 2.45) is 0 Å². The third-order valence-corrected chi connectivity index (χ3v) is 4.43. The summed E-state index contributed by atoms with van der Waals surface area (Å²) in [6.45, 7) is 7.51. The van der Waals surface area contributed by atoms with Crippen molar-refractivity contribution in [3.8, 4) is 0 Å². The number of allylic oxidation sites excluding steroid dienone is 1. The maximum Gasteiger partial charge on any atom is 0.432 e. The first-order chi connectivity index (χ1) is 14.2. The van der Waals surface area contributed by atoms with Gasteiger partial charge < -0.3 is 0 Å². The lowest BCUT2D eigenvalue weighted by atomic mass is 10.1. The predicted molar refractivity (Wildman–Crippen MR) is 111 cm³/mol. The fourth-order valence-corrected chi connectivity index (χ4v) is 2.67. The number of nitrogens with one attached hydrogen (secondary N) is 2. The fourth-order valence-electron chi connectivity index (χ4n) is 2.14. The molecule has 10 heteroatoms. The van der Waals surface area contributed by atoms with Crippen LogP contribution in [0.25, 0.3) is 0 Å². The Kier molecular flexibility index (Phi) is 10.3. The molecule has 1 aromatic heterocycles. The molecule has 0 spiro atoms. The lowest BCUT2D eigenvalue weighted by Crippen LogP contribution is -2.40. The topological polar surface area (TPSA) is 57.3 Å². The molecule has 0 atom stereocenters. The van der Waals surface area contributed by atoms with E-state index in [1.165, 1.54) is 24.1 Å². The molecule has 5 nitrogen and oxygen atoms in total. The van der Waals surface area contributed by atoms with Gasteiger partial charge in [-0.3, -0.25) is 20.6 Å². The van der Waals surface area contributed by atoms with Crippen molar-refractivity contribution in [3.05, 3.63) is 77.5 Å². The lowest BCUT2D eigenvalue weighted by Gasteiger charge is -2.19. The maximum absolute atomic E-state index is 14.4. The number of carbonyl (C=O) groups excluding carboxylic acids is 1. The van der Waals surface area contributed by atoms with Crippen LogP contribution in [0, 0.1) is 5.82 Å². The third kappa shape index (κ3) is 8.03. The highest BCUT2D eigenvalue weighted by atomic mass is 32.2. The summed E-state index contributed by atoms with van der Waals surface area (Å²) in [5.74, 6) is -1.55. The lowest BCUT2D eigenvalue weighted by molar-refractivity contribution is -0.0972. The van der Waals surface area contributed by atoms with E-state index in [1.54, 1.807) is 17.7 Å². The second kappa shape index (κ2) is 12.2. The minimum Gasteiger partial charge on any atom is -0.294 e. The van der Waals surface area contributed by atoms with Crippen LogP contribution in [0.4, 0.5) is 17.6 Å². The third-order valence-electron chi connectivity index (χ3n) is 3.65. The van der Waals surface area contributed by atoms with Crippen molar-refractivity contribution in [1.82, 2.24) is 20.1 Å². The van der Waals surface area contributed by atoms with Gasteiger partial charge >= 0.3 is 6.18 Å². The minimum absolute atomic E-state index is 0.121. The molecule has 0 aliphatic carbocycles. The highest BCUT2D eigenvalue weighted by Gasteiger charge is 2.32. The molecule has 2 rings (SSSR count). The Bertz CT molecular complexity index is 831. The van der Waals surface area contributed by atoms with Gasteiger partial charge in [-0.25, -0.2) is 8.70 Å². The molecule has 0 fully saturated rings. The van der Waals surface area contributed by atoms with Crippen molar-refractivity contribution < 1.29 is 22.4 Å². The summed E-state index contributed by atoms with van der Waals surface area (Å²) >= 11 is 1.41. The van der Waals surface area contributed by atoms with Gasteiger partial charge in [0.2, 0.25) is 0 Å². The van der Waals surface area contributed by atoms with Crippen LogP contribution < -0.4 is 10.9 Å². The summed E-state index contributed by atoms with van der Waals surface area (Å²) in [6.07, 6.45) is -1.18. The summed E-state index contributed by atoms with van der Waals surface area (Å²) in [4.78, 5) is 16.1. The Morgan fingerprint density at radius 3 is 2.40 bits per heavy atom. The predicted octanol–water partition coefficient (Wildman–Crippen LogP) is 4.84. The number of alkyl halides is 3. The number of benzene rings is 1. The van der Waals surface area contributed by atoms with E-state index in [-0.39, 0.29) is 12.1 Å². The molecule has 0 bridgehead atoms. The molecule has 1 amide bonds. The first-order valence-corrected chi connectivity index (χ1v) is 10.2. The van der Waals surface area contributed by atoms with Gasteiger partial charge in [0.1, 0.15) is 11.5 Å². The van der Waals surface area contributed by atoms with Gasteiger partial charge in [-0.1, -0.05) is 44.5 Å². The molecule has 0 aliphatic rings. The van der Waals surface area contributed by atoms with E-state index in [0.717, 1.165) is 11.8 Å². The zero-order valence-corrected chi connectivity index (χ0v) is 17.7. The average molecular weight is 444 g/mol. The Balaban J connectivity index is 0.00000218. The number of carbonyl (C=O) groups is 1. The molecule has 0 saturated heterocycles. The molecular formula is C20H24F4N4OS. The molecule has 1 heterocycles. The first kappa shape index (κ1) is 25.4. The number of halogens is 4. The van der Waals surface area contributed by atoms with E-state index < -0.39 is 23.6 Å². The molecule has 0 radical (unpaired) electrons. The molecule has 2 N–H and O–H groups in total. The number of hydrogen-bond donors (Lipinski definition) is 2. The van der Waals surface area contributed by atoms with Gasteiger partial charge in [-0.15, -0.1) is 0 Å². The second-order valence-electron chi connectivity index (χ2n) is 5.66. The molecule has 0 aliphatic heterocycles. The van der Waals surface area contributed by atoms with E-state index in [4.69, 9.17) is 0 Å². The largest absolute Gasteiger partial charge is 0.432 e. The zero-order valence-electron chi connectivity index (χ0n) is 16.9. The number of pyridine rings is 1. The maximum atomic E-state index is 14.4. The van der Waals surface area contributed by atoms with E-state index >= 15 is 0 Å². The van der Waals surface area contributed by atoms with Crippen LogP contribution in [-0.4, -0.2) is 27.6 Å². The first-order valence-electron chi connectivity index (χ1n) is 9.00. The van der Waals surface area contributed by atoms with Crippen LogP contribution in [0.3, 0.4) is 0 Å². The molecule has 0 unspecified atom stereocenters. The van der Waals surface area contributed by atoms with Gasteiger partial charge in [-0.05, 0) is 30.5 Å². The minimum atomic E-state index is -4.70. The highest BCUT2D eigenvalue weighted by molar-refractivity contribution is 7.96. The Morgan fingerprint density at radius 1 is 1.17 bits per heavy atom. The van der Waals surface area contributed by atoms with E-state index in [9.17, 15) is 22.4 Å². The monoisotopic (exact) mass is 444 g/mol. The van der Waals surface area contributed by atoms with Crippen LogP contribution in [0.5, 0.6) is 0 Å². The van der Waals surface area contributed by atoms with Gasteiger partial charge in [0.25, 0.3) is 5.91 Å². The number of hydrogen-bond acceptors (Lipinski definition) is 5. The number of hydrazine groups is 1. The standard InChI is InChI=1S/C18H18F4N4OS.C2H6/c1-12(18(20,21)22)24-25-17(27)13-6-7-14(16(19)9-13)10-26(28-2)11-15-5-3-4-8-23-15;1-2/h3-9,24H,1,10-11H2,2H3,(H,25,27);1-2H3. The van der Waals surface area contributed by atoms with E-state index in [1.807, 2.05) is 42.0 Å². The van der Waals surface area contributed by atoms with Crippen molar-refractivity contribution in [2.75, 3.05) is 6.26 Å². The van der Waals surface area contributed by atoms with Crippen LogP contribution in [0.1, 0.15) is 35.5 Å². The van der Waals surface area contributed by atoms with Crippen LogP contribution in [0.15, 0.2) is 54.9 Å². The molecule has 2 aromatic rings. The second-order valence-corrected chi connectivity index (χ2v) is 6.54. The van der Waals surface area contributed by atoms with Gasteiger partial charge in [0, 0.05) is 23.9 Å². The van der Waals surface area contributed by atoms with Crippen molar-refractivity contribution in [2.45, 2.75) is 33.1 Å². The fraction of sp³-hybridized carbons (Fsp3) is 0.300. The SMILES string of the molecule is C=C(NNC(=O)c1ccc(CN(Cc2ccccn2)SC)c(F)c1)C(F)(F)F.CC. The van der Waals surface area contributed by atoms with Gasteiger partial charge in [0.15, 0.2) is 0 Å². The molecular weight excluding hydrogens is 420 g/mol. The average Bonchev–Trinajstić information content (AvgIpc) is 2.73. The Labute approximate surface area is 177 Å². The van der Waals surface area contributed by atoms with E-state index in [2.05, 4.69) is 11.6 Å². The summed E-state index contributed by atoms with van der Waals surface area (Å²) < 4.78 is 53.3. The van der Waals surface area contributed by atoms with Gasteiger partial charge in [-0.2, -0.15) is 13.2 Å². The van der Waals surface area contributed by atoms with E-state index in [0.29, 0.717) is 12.1 Å². The van der Waals surface area contributed by atoms with Crippen molar-refractivity contribution in [3.63, 3.8) is 0 Å². The quantitative estimate of drug-likeness (QED) is 0.347. The normalized spacial score (nSPS) is 10.8. The summed E-state index contributed by atoms with van der Waals surface area (Å²) in [5, 5.41) is 0. The molecule has 0 saturated carbocycles. The van der Waals surface area contributed by atoms with Gasteiger partial charge in [0.05, 0.1) is 12.2 Å². The summed E-state index contributed by atoms with van der Waals surface area (Å²) in [6, 6.07) is 9.25. The zero-order chi connectivity index (χ0) is 22.7. The van der Waals surface area contributed by atoms with Crippen LogP contribution >= 0.6 is 11.9 Å². The Morgan fingerprint density at radius 2 is 1.87 bits per heavy atom. The molecule has 1 aromatic carbocycles. The van der Waals surface area contributed by atoms with Crippen molar-refractivity contribution in [1.29, 1.82) is 0 Å². The summed E-state index contributed by atoms with van der Waals surface area (Å²) in [7, 11) is 0. The number of amides is 1. The Hall–Kier alpha value is -2.59. The highest BCUT2D eigenvalue weighted by Crippen LogP contribution is 2.21. The number of rotatable bonds is 8. The molecule has 30 heavy (non-hydrogen) atoms. The van der Waals surface area contributed by atoms with Crippen LogP contribution in [-0.2, 0) is 13.1 Å². The number of aromatic nitrogens is 1.